The fourth-order valence-electron chi connectivity index (χ4n) is 3.42. The van der Waals surface area contributed by atoms with Gasteiger partial charge in [0.1, 0.15) is 29.8 Å². The number of rotatable bonds is 12. The number of hydrogen-bond donors (Lipinski definition) is 1. The summed E-state index contributed by atoms with van der Waals surface area (Å²) in [6.45, 7) is 4.30. The number of carbonyl (C=O) groups excluding carboxylic acids is 2. The number of nitrogens with zero attached hydrogens (tertiary/aromatic N) is 3. The maximum atomic E-state index is 13.6. The molecule has 13 heteroatoms. The van der Waals surface area contributed by atoms with E-state index in [1.165, 1.54) is 49.3 Å². The minimum absolute atomic E-state index is 0.00327. The molecule has 0 aliphatic rings. The van der Waals surface area contributed by atoms with Gasteiger partial charge in [-0.25, -0.2) is 12.8 Å². The number of non-ortho nitro benzene ring substituents is 1. The van der Waals surface area contributed by atoms with E-state index < -0.39 is 50.9 Å². The Balaban J connectivity index is 2.50. The summed E-state index contributed by atoms with van der Waals surface area (Å²) >= 11 is 0. The highest BCUT2D eigenvalue weighted by molar-refractivity contribution is 7.92. The van der Waals surface area contributed by atoms with Gasteiger partial charge in [0, 0.05) is 24.7 Å². The van der Waals surface area contributed by atoms with Crippen LogP contribution in [0.3, 0.4) is 0 Å². The Morgan fingerprint density at radius 2 is 1.78 bits per heavy atom. The normalized spacial score (nSPS) is 12.8. The molecule has 202 valence electrons. The van der Waals surface area contributed by atoms with E-state index in [0.717, 1.165) is 18.4 Å². The van der Waals surface area contributed by atoms with E-state index in [0.29, 0.717) is 16.3 Å². The Morgan fingerprint density at radius 3 is 2.30 bits per heavy atom. The third kappa shape index (κ3) is 7.87. The lowest BCUT2D eigenvalue weighted by Crippen LogP contribution is -2.52. The third-order valence-corrected chi connectivity index (χ3v) is 6.88. The first-order valence-electron chi connectivity index (χ1n) is 11.4. The van der Waals surface area contributed by atoms with E-state index in [4.69, 9.17) is 4.74 Å². The van der Waals surface area contributed by atoms with Crippen LogP contribution in [0.5, 0.6) is 5.75 Å². The molecule has 0 heterocycles. The molecule has 0 unspecified atom stereocenters. The number of ether oxygens (including phenoxy) is 1. The Kier molecular flexibility index (Phi) is 9.95. The molecule has 2 atom stereocenters. The van der Waals surface area contributed by atoms with Crippen LogP contribution in [0.4, 0.5) is 15.8 Å². The van der Waals surface area contributed by atoms with Gasteiger partial charge in [0.15, 0.2) is 0 Å². The third-order valence-electron chi connectivity index (χ3n) is 5.76. The fourth-order valence-corrected chi connectivity index (χ4v) is 4.26. The molecule has 11 nitrogen and oxygen atoms in total. The number of benzene rings is 2. The largest absolute Gasteiger partial charge is 0.495 e. The van der Waals surface area contributed by atoms with Gasteiger partial charge >= 0.3 is 0 Å². The van der Waals surface area contributed by atoms with Crippen LogP contribution >= 0.6 is 0 Å². The highest BCUT2D eigenvalue weighted by Crippen LogP contribution is 2.33. The lowest BCUT2D eigenvalue weighted by atomic mass is 10.1. The lowest BCUT2D eigenvalue weighted by molar-refractivity contribution is -0.384. The maximum Gasteiger partial charge on any atom is 0.271 e. The van der Waals surface area contributed by atoms with Crippen molar-refractivity contribution in [2.75, 3.05) is 24.2 Å². The van der Waals surface area contributed by atoms with E-state index in [1.54, 1.807) is 6.92 Å². The van der Waals surface area contributed by atoms with Crippen molar-refractivity contribution in [3.8, 4) is 5.75 Å². The summed E-state index contributed by atoms with van der Waals surface area (Å²) in [6.07, 6.45) is 1.50. The van der Waals surface area contributed by atoms with Gasteiger partial charge in [0.25, 0.3) is 5.69 Å². The molecular formula is C24H31FN4O7S. The summed E-state index contributed by atoms with van der Waals surface area (Å²) in [5.41, 5.74) is -0.0934. The van der Waals surface area contributed by atoms with E-state index >= 15 is 0 Å². The molecule has 0 aliphatic carbocycles. The SMILES string of the molecule is CC[C@H](C)NC(=O)[C@H](C)N(Cc1ccc(F)cc1)C(=O)CN(c1cc([N+](=O)[O-])ccc1OC)S(C)(=O)=O. The zero-order chi connectivity index (χ0) is 27.9. The zero-order valence-corrected chi connectivity index (χ0v) is 22.1. The first-order chi connectivity index (χ1) is 17.3. The van der Waals surface area contributed by atoms with Crippen molar-refractivity contribution in [1.29, 1.82) is 0 Å². The summed E-state index contributed by atoms with van der Waals surface area (Å²) in [4.78, 5) is 38.2. The number of carbonyl (C=O) groups is 2. The number of halogens is 1. The van der Waals surface area contributed by atoms with E-state index in [1.807, 2.05) is 6.92 Å². The maximum absolute atomic E-state index is 13.6. The second-order valence-corrected chi connectivity index (χ2v) is 10.4. The van der Waals surface area contributed by atoms with E-state index in [-0.39, 0.29) is 24.0 Å². The van der Waals surface area contributed by atoms with Crippen molar-refractivity contribution in [2.24, 2.45) is 0 Å². The molecule has 37 heavy (non-hydrogen) atoms. The number of anilines is 1. The van der Waals surface area contributed by atoms with Crippen LogP contribution in [0.2, 0.25) is 0 Å². The second-order valence-electron chi connectivity index (χ2n) is 8.52. The molecule has 0 saturated carbocycles. The Hall–Kier alpha value is -3.74. The smallest absolute Gasteiger partial charge is 0.271 e. The molecule has 0 aromatic heterocycles. The molecule has 0 saturated heterocycles. The van der Waals surface area contributed by atoms with Crippen molar-refractivity contribution in [3.05, 3.63) is 64.0 Å². The molecule has 2 aromatic rings. The number of nitro benzene ring substituents is 1. The number of methoxy groups -OCH3 is 1. The van der Waals surface area contributed by atoms with Crippen LogP contribution in [0.15, 0.2) is 42.5 Å². The Labute approximate surface area is 215 Å². The number of nitrogens with one attached hydrogen (secondary N) is 1. The standard InChI is InChI=1S/C24H31FN4O7S/c1-6-16(2)26-24(31)17(3)27(14-18-7-9-19(25)10-8-18)23(30)15-28(37(5,34)35)21-13-20(29(32)33)11-12-22(21)36-4/h7-13,16-17H,6,14-15H2,1-5H3,(H,26,31)/t16-,17-/m0/s1. The number of hydrogen-bond acceptors (Lipinski definition) is 7. The molecule has 2 aromatic carbocycles. The Morgan fingerprint density at radius 1 is 1.16 bits per heavy atom. The summed E-state index contributed by atoms with van der Waals surface area (Å²) in [7, 11) is -2.88. The van der Waals surface area contributed by atoms with Crippen LogP contribution in [-0.4, -0.2) is 62.0 Å². The van der Waals surface area contributed by atoms with Crippen molar-refractivity contribution in [3.63, 3.8) is 0 Å². The van der Waals surface area contributed by atoms with Gasteiger partial charge in [-0.1, -0.05) is 19.1 Å². The molecule has 0 radical (unpaired) electrons. The van der Waals surface area contributed by atoms with Gasteiger partial charge in [-0.2, -0.15) is 0 Å². The number of amides is 2. The van der Waals surface area contributed by atoms with Crippen LogP contribution in [0.1, 0.15) is 32.8 Å². The minimum Gasteiger partial charge on any atom is -0.495 e. The summed E-state index contributed by atoms with van der Waals surface area (Å²) in [5.74, 6) is -1.69. The first-order valence-corrected chi connectivity index (χ1v) is 13.3. The summed E-state index contributed by atoms with van der Waals surface area (Å²) in [5, 5.41) is 14.1. The van der Waals surface area contributed by atoms with Gasteiger partial charge in [-0.3, -0.25) is 24.0 Å². The van der Waals surface area contributed by atoms with Gasteiger partial charge in [-0.05, 0) is 44.0 Å². The van der Waals surface area contributed by atoms with Crippen molar-refractivity contribution >= 4 is 33.2 Å². The molecule has 0 spiro atoms. The Bertz CT molecular complexity index is 1240. The molecule has 0 aliphatic heterocycles. The predicted molar refractivity (Wildman–Crippen MR) is 136 cm³/mol. The van der Waals surface area contributed by atoms with Crippen molar-refractivity contribution in [2.45, 2.75) is 45.8 Å². The summed E-state index contributed by atoms with van der Waals surface area (Å²) < 4.78 is 44.8. The average Bonchev–Trinajstić information content (AvgIpc) is 2.85. The molecule has 2 amide bonds. The van der Waals surface area contributed by atoms with Crippen LogP contribution in [0.25, 0.3) is 0 Å². The fraction of sp³-hybridized carbons (Fsp3) is 0.417. The highest BCUT2D eigenvalue weighted by Gasteiger charge is 2.32. The molecule has 0 fully saturated rings. The second kappa shape index (κ2) is 12.5. The average molecular weight is 539 g/mol. The molecule has 1 N–H and O–H groups in total. The highest BCUT2D eigenvalue weighted by atomic mass is 32.2. The quantitative estimate of drug-likeness (QED) is 0.324. The first kappa shape index (κ1) is 29.5. The van der Waals surface area contributed by atoms with E-state index in [9.17, 15) is 32.5 Å². The number of nitro groups is 1. The number of sulfonamides is 1. The molecule has 0 bridgehead atoms. The molecular weight excluding hydrogens is 507 g/mol. The van der Waals surface area contributed by atoms with Crippen molar-refractivity contribution in [1.82, 2.24) is 10.2 Å². The van der Waals surface area contributed by atoms with Gasteiger partial charge in [0.05, 0.1) is 18.3 Å². The molecule has 2 rings (SSSR count). The van der Waals surface area contributed by atoms with Crippen LogP contribution in [-0.2, 0) is 26.2 Å². The van der Waals surface area contributed by atoms with Gasteiger partial charge in [-0.15, -0.1) is 0 Å². The minimum atomic E-state index is -4.14. The summed E-state index contributed by atoms with van der Waals surface area (Å²) in [6, 6.07) is 7.51. The van der Waals surface area contributed by atoms with Crippen LogP contribution < -0.4 is 14.4 Å². The van der Waals surface area contributed by atoms with Crippen molar-refractivity contribution < 1.29 is 32.1 Å². The van der Waals surface area contributed by atoms with Gasteiger partial charge in [0.2, 0.25) is 21.8 Å². The topological polar surface area (TPSA) is 139 Å². The monoisotopic (exact) mass is 538 g/mol. The predicted octanol–water partition coefficient (Wildman–Crippen LogP) is 2.84. The van der Waals surface area contributed by atoms with E-state index in [2.05, 4.69) is 5.32 Å². The zero-order valence-electron chi connectivity index (χ0n) is 21.3. The lowest BCUT2D eigenvalue weighted by Gasteiger charge is -2.32. The van der Waals surface area contributed by atoms with Crippen LogP contribution in [0, 0.1) is 15.9 Å². The van der Waals surface area contributed by atoms with Gasteiger partial charge < -0.3 is 15.0 Å².